The normalized spacial score (nSPS) is 10.7. The van der Waals surface area contributed by atoms with Gasteiger partial charge in [-0.05, 0) is 30.3 Å². The van der Waals surface area contributed by atoms with Crippen LogP contribution in [0.25, 0.3) is 11.0 Å². The number of carbonyl (C=O) groups is 2. The number of benzene rings is 1. The zero-order valence-corrected chi connectivity index (χ0v) is 16.1. The molecule has 0 saturated carbocycles. The number of carbonyl (C=O) groups excluding carboxylic acids is 2. The minimum absolute atomic E-state index is 0.0821. The zero-order valence-electron chi connectivity index (χ0n) is 16.1. The maximum atomic E-state index is 12.7. The van der Waals surface area contributed by atoms with Crippen LogP contribution in [-0.4, -0.2) is 36.4 Å². The topological polar surface area (TPSA) is 129 Å². The Morgan fingerprint density at radius 3 is 1.84 bits per heavy atom. The Morgan fingerprint density at radius 1 is 0.806 bits per heavy atom. The van der Waals surface area contributed by atoms with E-state index in [9.17, 15) is 19.7 Å². The molecule has 0 amide bonds. The average Bonchev–Trinajstić information content (AvgIpc) is 2.80. The Balaban J connectivity index is 1.75. The summed E-state index contributed by atoms with van der Waals surface area (Å²) in [6.45, 7) is 0. The van der Waals surface area contributed by atoms with Gasteiger partial charge in [0.2, 0.25) is 0 Å². The minimum atomic E-state index is -0.526. The molecule has 0 spiro atoms. The Bertz CT molecular complexity index is 1290. The number of nitrogens with zero attached hydrogens (tertiary/aromatic N) is 5. The fourth-order valence-electron chi connectivity index (χ4n) is 3.08. The molecule has 0 aliphatic rings. The molecule has 0 fully saturated rings. The van der Waals surface area contributed by atoms with E-state index in [-0.39, 0.29) is 35.6 Å². The van der Waals surface area contributed by atoms with Gasteiger partial charge in [-0.15, -0.1) is 0 Å². The van der Waals surface area contributed by atoms with E-state index >= 15 is 0 Å². The van der Waals surface area contributed by atoms with Crippen molar-refractivity contribution < 1.29 is 14.5 Å². The third-order valence-electron chi connectivity index (χ3n) is 4.64. The van der Waals surface area contributed by atoms with Crippen molar-refractivity contribution in [3.63, 3.8) is 0 Å². The molecule has 0 atom stereocenters. The van der Waals surface area contributed by atoms with Crippen molar-refractivity contribution in [3.05, 3.63) is 99.9 Å². The van der Waals surface area contributed by atoms with Crippen LogP contribution >= 0.6 is 0 Å². The molecule has 0 bridgehead atoms. The van der Waals surface area contributed by atoms with Gasteiger partial charge in [-0.25, -0.2) is 9.97 Å². The number of hydrogen-bond donors (Lipinski definition) is 0. The number of Topliss-reactive ketones (excluding diaryl/α,β-unsaturated/α-hetero) is 2. The lowest BCUT2D eigenvalue weighted by atomic mass is 10.0. The maximum Gasteiger partial charge on any atom is 0.271 e. The molecule has 3 heterocycles. The largest absolute Gasteiger partial charge is 0.294 e. The predicted octanol–water partition coefficient (Wildman–Crippen LogP) is 3.18. The van der Waals surface area contributed by atoms with Crippen molar-refractivity contribution in [1.29, 1.82) is 0 Å². The van der Waals surface area contributed by atoms with Crippen LogP contribution in [0.15, 0.2) is 67.3 Å². The van der Waals surface area contributed by atoms with Crippen molar-refractivity contribution in [2.75, 3.05) is 0 Å². The molecule has 0 unspecified atom stereocenters. The second kappa shape index (κ2) is 8.54. The van der Waals surface area contributed by atoms with Gasteiger partial charge in [0.1, 0.15) is 0 Å². The van der Waals surface area contributed by atoms with Crippen LogP contribution in [0.5, 0.6) is 0 Å². The van der Waals surface area contributed by atoms with Gasteiger partial charge in [-0.1, -0.05) is 0 Å². The molecule has 0 radical (unpaired) electrons. The Kier molecular flexibility index (Phi) is 5.48. The van der Waals surface area contributed by atoms with Gasteiger partial charge in [0, 0.05) is 48.0 Å². The highest BCUT2D eigenvalue weighted by Gasteiger charge is 2.19. The van der Waals surface area contributed by atoms with Gasteiger partial charge in [-0.2, -0.15) is 0 Å². The number of nitro groups is 1. The molecular formula is C22H15N5O4. The average molecular weight is 413 g/mol. The number of rotatable bonds is 7. The number of aromatic nitrogens is 4. The molecule has 152 valence electrons. The minimum Gasteiger partial charge on any atom is -0.294 e. The molecule has 9 heteroatoms. The number of nitro benzene ring substituents is 1. The molecule has 31 heavy (non-hydrogen) atoms. The molecule has 0 aliphatic heterocycles. The fourth-order valence-corrected chi connectivity index (χ4v) is 3.08. The highest BCUT2D eigenvalue weighted by atomic mass is 16.6. The molecule has 9 nitrogen and oxygen atoms in total. The Labute approximate surface area is 176 Å². The highest BCUT2D eigenvalue weighted by Crippen LogP contribution is 2.21. The van der Waals surface area contributed by atoms with Crippen molar-refractivity contribution in [2.45, 2.75) is 12.8 Å². The lowest BCUT2D eigenvalue weighted by Crippen LogP contribution is -2.14. The van der Waals surface area contributed by atoms with E-state index in [0.717, 1.165) is 0 Å². The monoisotopic (exact) mass is 413 g/mol. The first-order valence-electron chi connectivity index (χ1n) is 9.31. The maximum absolute atomic E-state index is 12.7. The van der Waals surface area contributed by atoms with Crippen LogP contribution in [0.4, 0.5) is 5.69 Å². The summed E-state index contributed by atoms with van der Waals surface area (Å²) < 4.78 is 0. The van der Waals surface area contributed by atoms with Crippen LogP contribution in [0.3, 0.4) is 0 Å². The highest BCUT2D eigenvalue weighted by molar-refractivity contribution is 5.99. The van der Waals surface area contributed by atoms with Gasteiger partial charge in [0.05, 0.1) is 40.2 Å². The first kappa shape index (κ1) is 19.9. The summed E-state index contributed by atoms with van der Waals surface area (Å²) in [5, 5.41) is 11.1. The zero-order chi connectivity index (χ0) is 21.8. The molecule has 0 N–H and O–H groups in total. The molecule has 0 aliphatic carbocycles. The van der Waals surface area contributed by atoms with Gasteiger partial charge >= 0.3 is 0 Å². The lowest BCUT2D eigenvalue weighted by Gasteiger charge is -2.09. The fraction of sp³-hybridized carbons (Fsp3) is 0.0909. The first-order chi connectivity index (χ1) is 15.0. The molecule has 4 rings (SSSR count). The summed E-state index contributed by atoms with van der Waals surface area (Å²) in [6.07, 6.45) is 5.83. The second-order valence-electron chi connectivity index (χ2n) is 6.73. The third kappa shape index (κ3) is 4.45. The molecule has 1 aromatic carbocycles. The van der Waals surface area contributed by atoms with Crippen LogP contribution in [-0.2, 0) is 12.8 Å². The van der Waals surface area contributed by atoms with E-state index in [0.29, 0.717) is 28.0 Å². The Morgan fingerprint density at radius 2 is 1.35 bits per heavy atom. The quantitative estimate of drug-likeness (QED) is 0.257. The van der Waals surface area contributed by atoms with Crippen molar-refractivity contribution in [2.24, 2.45) is 0 Å². The van der Waals surface area contributed by atoms with E-state index in [1.807, 2.05) is 0 Å². The Hall–Kier alpha value is -4.40. The van der Waals surface area contributed by atoms with E-state index in [1.54, 1.807) is 36.7 Å². The number of hydrogen-bond acceptors (Lipinski definition) is 8. The summed E-state index contributed by atoms with van der Waals surface area (Å²) in [7, 11) is 0. The second-order valence-corrected chi connectivity index (χ2v) is 6.73. The van der Waals surface area contributed by atoms with Gasteiger partial charge in [0.25, 0.3) is 5.69 Å². The van der Waals surface area contributed by atoms with Crippen LogP contribution in [0, 0.1) is 10.1 Å². The molecular weight excluding hydrogens is 398 g/mol. The van der Waals surface area contributed by atoms with Gasteiger partial charge in [0.15, 0.2) is 11.6 Å². The standard InChI is InChI=1S/C22H15N5O4/c28-21(14-3-1-7-23-12-14)10-19-20(11-22(29)15-4-2-8-24-13-15)26-18-9-16(27(30)31)5-6-17(18)25-19/h1-9,12-13H,10-11H2. The smallest absolute Gasteiger partial charge is 0.271 e. The van der Waals surface area contributed by atoms with Gasteiger partial charge in [-0.3, -0.25) is 29.7 Å². The number of ketones is 2. The first-order valence-corrected chi connectivity index (χ1v) is 9.31. The number of non-ortho nitro benzene ring substituents is 1. The summed E-state index contributed by atoms with van der Waals surface area (Å²) in [6, 6.07) is 10.7. The van der Waals surface area contributed by atoms with Gasteiger partial charge < -0.3 is 0 Å². The summed E-state index contributed by atoms with van der Waals surface area (Å²) in [5.74, 6) is -0.471. The van der Waals surface area contributed by atoms with Crippen LogP contribution in [0.2, 0.25) is 0 Å². The van der Waals surface area contributed by atoms with E-state index < -0.39 is 4.92 Å². The third-order valence-corrected chi connectivity index (χ3v) is 4.64. The number of pyridine rings is 2. The van der Waals surface area contributed by atoms with E-state index in [2.05, 4.69) is 19.9 Å². The number of fused-ring (bicyclic) bond motifs is 1. The molecule has 3 aromatic heterocycles. The van der Waals surface area contributed by atoms with E-state index in [4.69, 9.17) is 0 Å². The summed E-state index contributed by atoms with van der Waals surface area (Å²) in [5.41, 5.74) is 1.99. The van der Waals surface area contributed by atoms with Crippen molar-refractivity contribution >= 4 is 28.3 Å². The van der Waals surface area contributed by atoms with Crippen LogP contribution < -0.4 is 0 Å². The summed E-state index contributed by atoms with van der Waals surface area (Å²) in [4.78, 5) is 52.9. The summed E-state index contributed by atoms with van der Waals surface area (Å²) >= 11 is 0. The van der Waals surface area contributed by atoms with Crippen molar-refractivity contribution in [3.8, 4) is 0 Å². The SMILES string of the molecule is O=C(Cc1nc2ccc([N+](=O)[O-])cc2nc1CC(=O)c1cccnc1)c1cccnc1. The molecule has 0 saturated heterocycles. The van der Waals surface area contributed by atoms with Crippen LogP contribution in [0.1, 0.15) is 32.1 Å². The van der Waals surface area contributed by atoms with Crippen molar-refractivity contribution in [1.82, 2.24) is 19.9 Å². The predicted molar refractivity (Wildman–Crippen MR) is 111 cm³/mol. The molecule has 4 aromatic rings. The van der Waals surface area contributed by atoms with E-state index in [1.165, 1.54) is 30.6 Å². The lowest BCUT2D eigenvalue weighted by molar-refractivity contribution is -0.384.